The van der Waals surface area contributed by atoms with Crippen molar-refractivity contribution in [1.29, 1.82) is 0 Å². The Bertz CT molecular complexity index is 1060. The molecule has 0 aliphatic carbocycles. The van der Waals surface area contributed by atoms with Gasteiger partial charge in [0.15, 0.2) is 0 Å². The lowest BCUT2D eigenvalue weighted by molar-refractivity contribution is 0.0950. The van der Waals surface area contributed by atoms with E-state index in [-0.39, 0.29) is 12.5 Å². The number of amides is 1. The molecule has 0 bridgehead atoms. The molecule has 0 saturated heterocycles. The van der Waals surface area contributed by atoms with Crippen LogP contribution < -0.4 is 5.32 Å². The predicted octanol–water partition coefficient (Wildman–Crippen LogP) is 3.80. The smallest absolute Gasteiger partial charge is 0.264 e. The SMILES string of the molecule is CS(=O)(=O)OCCc1cccc(-c2ccccc2)c1C(=O)NCc1ccccc1. The monoisotopic (exact) mass is 409 g/mol. The van der Waals surface area contributed by atoms with Gasteiger partial charge in [0.1, 0.15) is 0 Å². The molecule has 0 aliphatic rings. The largest absolute Gasteiger partial charge is 0.348 e. The topological polar surface area (TPSA) is 72.5 Å². The zero-order valence-electron chi connectivity index (χ0n) is 16.2. The van der Waals surface area contributed by atoms with E-state index in [9.17, 15) is 13.2 Å². The molecular formula is C23H23NO4S. The van der Waals surface area contributed by atoms with E-state index in [0.717, 1.165) is 28.5 Å². The molecule has 0 atom stereocenters. The quantitative estimate of drug-likeness (QED) is 0.575. The Hall–Kier alpha value is -2.96. The number of rotatable bonds is 8. The zero-order valence-corrected chi connectivity index (χ0v) is 17.0. The van der Waals surface area contributed by atoms with Crippen molar-refractivity contribution in [2.75, 3.05) is 12.9 Å². The number of hydrogen-bond acceptors (Lipinski definition) is 4. The molecule has 0 saturated carbocycles. The zero-order chi connectivity index (χ0) is 20.7. The second-order valence-electron chi connectivity index (χ2n) is 6.65. The van der Waals surface area contributed by atoms with Crippen molar-refractivity contribution in [2.24, 2.45) is 0 Å². The molecule has 3 rings (SSSR count). The molecule has 0 spiro atoms. The molecule has 0 aliphatic heterocycles. The highest BCUT2D eigenvalue weighted by molar-refractivity contribution is 7.85. The van der Waals surface area contributed by atoms with E-state index in [0.29, 0.717) is 18.5 Å². The Morgan fingerprint density at radius 3 is 2.21 bits per heavy atom. The highest BCUT2D eigenvalue weighted by Gasteiger charge is 2.18. The van der Waals surface area contributed by atoms with Crippen LogP contribution in [0.1, 0.15) is 21.5 Å². The summed E-state index contributed by atoms with van der Waals surface area (Å²) in [5, 5.41) is 2.97. The highest BCUT2D eigenvalue weighted by atomic mass is 32.2. The average Bonchev–Trinajstić information content (AvgIpc) is 2.72. The molecule has 0 heterocycles. The Labute approximate surface area is 171 Å². The van der Waals surface area contributed by atoms with E-state index in [4.69, 9.17) is 4.18 Å². The van der Waals surface area contributed by atoms with Crippen LogP contribution in [0.4, 0.5) is 0 Å². The molecule has 29 heavy (non-hydrogen) atoms. The lowest BCUT2D eigenvalue weighted by atomic mass is 9.93. The molecule has 3 aromatic carbocycles. The molecule has 6 heteroatoms. The van der Waals surface area contributed by atoms with E-state index in [1.807, 2.05) is 78.9 Å². The van der Waals surface area contributed by atoms with Crippen molar-refractivity contribution >= 4 is 16.0 Å². The van der Waals surface area contributed by atoms with Gasteiger partial charge in [-0.05, 0) is 28.7 Å². The lowest BCUT2D eigenvalue weighted by Gasteiger charge is -2.15. The van der Waals surface area contributed by atoms with Crippen molar-refractivity contribution in [3.8, 4) is 11.1 Å². The summed E-state index contributed by atoms with van der Waals surface area (Å²) in [5.74, 6) is -0.206. The van der Waals surface area contributed by atoms with Crippen LogP contribution in [0.5, 0.6) is 0 Å². The van der Waals surface area contributed by atoms with Gasteiger partial charge >= 0.3 is 0 Å². The third kappa shape index (κ3) is 6.01. The summed E-state index contributed by atoms with van der Waals surface area (Å²) >= 11 is 0. The number of carbonyl (C=O) groups excluding carboxylic acids is 1. The van der Waals surface area contributed by atoms with Crippen molar-refractivity contribution in [3.05, 3.63) is 95.6 Å². The van der Waals surface area contributed by atoms with Crippen molar-refractivity contribution in [1.82, 2.24) is 5.32 Å². The fraction of sp³-hybridized carbons (Fsp3) is 0.174. The summed E-state index contributed by atoms with van der Waals surface area (Å²) in [7, 11) is -3.54. The molecular weight excluding hydrogens is 386 g/mol. The Balaban J connectivity index is 1.90. The second-order valence-corrected chi connectivity index (χ2v) is 8.29. The van der Waals surface area contributed by atoms with Crippen LogP contribution in [0.2, 0.25) is 0 Å². The molecule has 150 valence electrons. The van der Waals surface area contributed by atoms with Crippen LogP contribution >= 0.6 is 0 Å². The minimum Gasteiger partial charge on any atom is -0.348 e. The van der Waals surface area contributed by atoms with Crippen LogP contribution in [0.15, 0.2) is 78.9 Å². The fourth-order valence-electron chi connectivity index (χ4n) is 3.10. The first-order chi connectivity index (χ1) is 13.9. The van der Waals surface area contributed by atoms with Gasteiger partial charge in [-0.2, -0.15) is 8.42 Å². The normalized spacial score (nSPS) is 11.2. The number of hydrogen-bond donors (Lipinski definition) is 1. The summed E-state index contributed by atoms with van der Waals surface area (Å²) in [6.07, 6.45) is 1.32. The minimum atomic E-state index is -3.54. The molecule has 0 radical (unpaired) electrons. The molecule has 0 aromatic heterocycles. The fourth-order valence-corrected chi connectivity index (χ4v) is 3.49. The molecule has 0 unspecified atom stereocenters. The first-order valence-electron chi connectivity index (χ1n) is 9.28. The summed E-state index contributed by atoms with van der Waals surface area (Å²) in [4.78, 5) is 13.1. The van der Waals surface area contributed by atoms with Crippen molar-refractivity contribution in [3.63, 3.8) is 0 Å². The number of benzene rings is 3. The maximum atomic E-state index is 13.1. The van der Waals surface area contributed by atoms with Gasteiger partial charge in [0.25, 0.3) is 16.0 Å². The van der Waals surface area contributed by atoms with Crippen molar-refractivity contribution < 1.29 is 17.4 Å². The van der Waals surface area contributed by atoms with E-state index < -0.39 is 10.1 Å². The summed E-state index contributed by atoms with van der Waals surface area (Å²) in [5.41, 5.74) is 3.99. The first kappa shape index (κ1) is 20.8. The Morgan fingerprint density at radius 2 is 1.55 bits per heavy atom. The van der Waals surface area contributed by atoms with Crippen LogP contribution in [0.25, 0.3) is 11.1 Å². The van der Waals surface area contributed by atoms with Crippen LogP contribution in [0.3, 0.4) is 0 Å². The van der Waals surface area contributed by atoms with Crippen LogP contribution in [-0.4, -0.2) is 27.2 Å². The molecule has 0 fully saturated rings. The third-order valence-corrected chi connectivity index (χ3v) is 5.02. The molecule has 1 N–H and O–H groups in total. The van der Waals surface area contributed by atoms with Gasteiger partial charge in [-0.1, -0.05) is 78.9 Å². The van der Waals surface area contributed by atoms with Gasteiger partial charge < -0.3 is 5.32 Å². The molecule has 5 nitrogen and oxygen atoms in total. The van der Waals surface area contributed by atoms with Gasteiger partial charge in [-0.3, -0.25) is 8.98 Å². The van der Waals surface area contributed by atoms with Gasteiger partial charge in [0.2, 0.25) is 0 Å². The number of carbonyl (C=O) groups is 1. The first-order valence-corrected chi connectivity index (χ1v) is 11.1. The van der Waals surface area contributed by atoms with Crippen LogP contribution in [0, 0.1) is 0 Å². The lowest BCUT2D eigenvalue weighted by Crippen LogP contribution is -2.25. The van der Waals surface area contributed by atoms with E-state index in [1.54, 1.807) is 0 Å². The summed E-state index contributed by atoms with van der Waals surface area (Å²) < 4.78 is 27.5. The van der Waals surface area contributed by atoms with E-state index in [2.05, 4.69) is 5.32 Å². The average molecular weight is 410 g/mol. The Morgan fingerprint density at radius 1 is 0.897 bits per heavy atom. The van der Waals surface area contributed by atoms with Gasteiger partial charge in [0, 0.05) is 6.54 Å². The van der Waals surface area contributed by atoms with E-state index in [1.165, 1.54) is 0 Å². The van der Waals surface area contributed by atoms with Crippen LogP contribution in [-0.2, 0) is 27.3 Å². The molecule has 3 aromatic rings. The predicted molar refractivity (Wildman–Crippen MR) is 114 cm³/mol. The van der Waals surface area contributed by atoms with Gasteiger partial charge in [0.05, 0.1) is 18.4 Å². The standard InChI is InChI=1S/C23H23NO4S/c1-29(26,27)28-16-15-20-13-8-14-21(19-11-6-3-7-12-19)22(20)23(25)24-17-18-9-4-2-5-10-18/h2-14H,15-17H2,1H3,(H,24,25). The summed E-state index contributed by atoms with van der Waals surface area (Å²) in [6.45, 7) is 0.387. The minimum absolute atomic E-state index is 0.0178. The maximum Gasteiger partial charge on any atom is 0.264 e. The third-order valence-electron chi connectivity index (χ3n) is 4.43. The second kappa shape index (κ2) is 9.49. The summed E-state index contributed by atoms with van der Waals surface area (Å²) in [6, 6.07) is 24.9. The maximum absolute atomic E-state index is 13.1. The van der Waals surface area contributed by atoms with Gasteiger partial charge in [-0.15, -0.1) is 0 Å². The van der Waals surface area contributed by atoms with Gasteiger partial charge in [-0.25, -0.2) is 0 Å². The van der Waals surface area contributed by atoms with Crippen molar-refractivity contribution in [2.45, 2.75) is 13.0 Å². The van der Waals surface area contributed by atoms with E-state index >= 15 is 0 Å². The Kier molecular flexibility index (Phi) is 6.80. The molecule has 1 amide bonds. The number of nitrogens with one attached hydrogen (secondary N) is 1. The highest BCUT2D eigenvalue weighted by Crippen LogP contribution is 2.27.